The molecule has 0 fully saturated rings. The average Bonchev–Trinajstić information content (AvgIpc) is 2.81. The molecule has 0 amide bonds. The lowest BCUT2D eigenvalue weighted by Gasteiger charge is -2.05. The third-order valence-corrected chi connectivity index (χ3v) is 3.36. The lowest BCUT2D eigenvalue weighted by molar-refractivity contribution is 0.0689. The molecule has 2 aromatic heterocycles. The number of aryl methyl sites for hydroxylation is 2. The number of hydrogen-bond acceptors (Lipinski definition) is 3. The van der Waals surface area contributed by atoms with Gasteiger partial charge in [-0.05, 0) is 30.5 Å². The van der Waals surface area contributed by atoms with Crippen molar-refractivity contribution < 1.29 is 9.90 Å². The molecular formula is C15H13N3O2. The zero-order chi connectivity index (χ0) is 14.3. The lowest BCUT2D eigenvalue weighted by atomic mass is 10.0. The van der Waals surface area contributed by atoms with Crippen LogP contribution in [0.1, 0.15) is 16.2 Å². The van der Waals surface area contributed by atoms with Crippen molar-refractivity contribution in [1.29, 1.82) is 0 Å². The first-order chi connectivity index (χ1) is 9.56. The number of aromatic carboxylic acids is 1. The fourth-order valence-corrected chi connectivity index (χ4v) is 2.33. The summed E-state index contributed by atoms with van der Waals surface area (Å²) in [6.07, 6.45) is 1.77. The molecule has 0 unspecified atom stereocenters. The SMILES string of the molecule is Cc1nccc2cc(-c3cc(C(=O)O)nn3C)ccc12. The highest BCUT2D eigenvalue weighted by Gasteiger charge is 2.13. The Morgan fingerprint density at radius 3 is 2.75 bits per heavy atom. The molecule has 0 bridgehead atoms. The van der Waals surface area contributed by atoms with Gasteiger partial charge in [0.15, 0.2) is 5.69 Å². The van der Waals surface area contributed by atoms with Crippen LogP contribution < -0.4 is 0 Å². The molecule has 20 heavy (non-hydrogen) atoms. The summed E-state index contributed by atoms with van der Waals surface area (Å²) >= 11 is 0. The Labute approximate surface area is 115 Å². The van der Waals surface area contributed by atoms with E-state index in [0.29, 0.717) is 0 Å². The van der Waals surface area contributed by atoms with Crippen molar-refractivity contribution in [2.45, 2.75) is 6.92 Å². The number of carboxylic acids is 1. The largest absolute Gasteiger partial charge is 0.476 e. The number of pyridine rings is 1. The minimum Gasteiger partial charge on any atom is -0.476 e. The minimum absolute atomic E-state index is 0.0495. The molecule has 0 radical (unpaired) electrons. The van der Waals surface area contributed by atoms with Gasteiger partial charge in [-0.15, -0.1) is 0 Å². The molecule has 3 aromatic rings. The van der Waals surface area contributed by atoms with Crippen molar-refractivity contribution in [3.63, 3.8) is 0 Å². The summed E-state index contributed by atoms with van der Waals surface area (Å²) in [6, 6.07) is 9.50. The van der Waals surface area contributed by atoms with E-state index in [1.807, 2.05) is 31.2 Å². The van der Waals surface area contributed by atoms with Crippen LogP contribution >= 0.6 is 0 Å². The standard InChI is InChI=1S/C15H13N3O2/c1-9-12-4-3-11(7-10(12)5-6-16-9)14-8-13(15(19)20)17-18(14)2/h3-8H,1-2H3,(H,19,20). The number of carboxylic acid groups (broad SMARTS) is 1. The molecule has 100 valence electrons. The Morgan fingerprint density at radius 2 is 2.05 bits per heavy atom. The maximum atomic E-state index is 11.0. The van der Waals surface area contributed by atoms with Crippen molar-refractivity contribution in [2.75, 3.05) is 0 Å². The highest BCUT2D eigenvalue weighted by Crippen LogP contribution is 2.25. The first-order valence-corrected chi connectivity index (χ1v) is 6.19. The van der Waals surface area contributed by atoms with Gasteiger partial charge in [-0.1, -0.05) is 12.1 Å². The van der Waals surface area contributed by atoms with Crippen LogP contribution in [0.3, 0.4) is 0 Å². The van der Waals surface area contributed by atoms with Crippen LogP contribution in [0, 0.1) is 6.92 Å². The maximum absolute atomic E-state index is 11.0. The molecule has 0 spiro atoms. The molecule has 0 aliphatic rings. The number of fused-ring (bicyclic) bond motifs is 1. The second-order valence-electron chi connectivity index (χ2n) is 4.68. The van der Waals surface area contributed by atoms with Gasteiger partial charge in [-0.2, -0.15) is 5.10 Å². The molecule has 1 N–H and O–H groups in total. The highest BCUT2D eigenvalue weighted by atomic mass is 16.4. The van der Waals surface area contributed by atoms with Crippen LogP contribution in [-0.2, 0) is 7.05 Å². The molecule has 3 rings (SSSR count). The summed E-state index contributed by atoms with van der Waals surface area (Å²) in [5, 5.41) is 15.2. The number of carbonyl (C=O) groups is 1. The minimum atomic E-state index is -1.02. The summed E-state index contributed by atoms with van der Waals surface area (Å²) < 4.78 is 1.58. The predicted molar refractivity (Wildman–Crippen MR) is 75.6 cm³/mol. The van der Waals surface area contributed by atoms with Gasteiger partial charge in [0, 0.05) is 29.9 Å². The van der Waals surface area contributed by atoms with Gasteiger partial charge in [0.2, 0.25) is 0 Å². The van der Waals surface area contributed by atoms with Crippen LogP contribution in [0.2, 0.25) is 0 Å². The summed E-state index contributed by atoms with van der Waals surface area (Å²) in [7, 11) is 1.74. The number of rotatable bonds is 2. The summed E-state index contributed by atoms with van der Waals surface area (Å²) in [6.45, 7) is 1.97. The van der Waals surface area contributed by atoms with Crippen molar-refractivity contribution in [2.24, 2.45) is 7.05 Å². The molecule has 0 saturated carbocycles. The first kappa shape index (κ1) is 12.3. The van der Waals surface area contributed by atoms with Crippen LogP contribution in [0.15, 0.2) is 36.5 Å². The Kier molecular flexibility index (Phi) is 2.75. The van der Waals surface area contributed by atoms with E-state index in [9.17, 15) is 4.79 Å². The van der Waals surface area contributed by atoms with Crippen molar-refractivity contribution in [3.05, 3.63) is 47.9 Å². The Bertz CT molecular complexity index is 821. The van der Waals surface area contributed by atoms with Crippen LogP contribution in [0.4, 0.5) is 0 Å². The summed E-state index contributed by atoms with van der Waals surface area (Å²) in [5.74, 6) is -1.02. The van der Waals surface area contributed by atoms with Crippen molar-refractivity contribution >= 4 is 16.7 Å². The lowest BCUT2D eigenvalue weighted by Crippen LogP contribution is -1.99. The maximum Gasteiger partial charge on any atom is 0.356 e. The second-order valence-corrected chi connectivity index (χ2v) is 4.68. The van der Waals surface area contributed by atoms with E-state index in [0.717, 1.165) is 27.7 Å². The quantitative estimate of drug-likeness (QED) is 0.775. The number of benzene rings is 1. The van der Waals surface area contributed by atoms with E-state index in [4.69, 9.17) is 5.11 Å². The zero-order valence-electron chi connectivity index (χ0n) is 11.2. The molecule has 0 atom stereocenters. The van der Waals surface area contributed by atoms with Gasteiger partial charge in [0.25, 0.3) is 0 Å². The summed E-state index contributed by atoms with van der Waals surface area (Å²) in [4.78, 5) is 15.2. The van der Waals surface area contributed by atoms with Crippen molar-refractivity contribution in [1.82, 2.24) is 14.8 Å². The molecule has 0 aliphatic carbocycles. The fraction of sp³-hybridized carbons (Fsp3) is 0.133. The fourth-order valence-electron chi connectivity index (χ4n) is 2.33. The van der Waals surface area contributed by atoms with E-state index in [1.165, 1.54) is 0 Å². The molecule has 0 saturated heterocycles. The monoisotopic (exact) mass is 267 g/mol. The first-order valence-electron chi connectivity index (χ1n) is 6.19. The zero-order valence-corrected chi connectivity index (χ0v) is 11.2. The van der Waals surface area contributed by atoms with E-state index >= 15 is 0 Å². The molecule has 1 aromatic carbocycles. The van der Waals surface area contributed by atoms with E-state index in [1.54, 1.807) is 24.0 Å². The summed E-state index contributed by atoms with van der Waals surface area (Å²) in [5.41, 5.74) is 2.74. The van der Waals surface area contributed by atoms with Gasteiger partial charge in [0.05, 0.1) is 5.69 Å². The van der Waals surface area contributed by atoms with Gasteiger partial charge in [-0.3, -0.25) is 9.67 Å². The van der Waals surface area contributed by atoms with Gasteiger partial charge in [0.1, 0.15) is 0 Å². The number of aromatic nitrogens is 3. The van der Waals surface area contributed by atoms with Gasteiger partial charge >= 0.3 is 5.97 Å². The molecule has 5 heteroatoms. The van der Waals surface area contributed by atoms with E-state index < -0.39 is 5.97 Å². The second kappa shape index (κ2) is 4.45. The molecular weight excluding hydrogens is 254 g/mol. The normalized spacial score (nSPS) is 10.9. The van der Waals surface area contributed by atoms with E-state index in [-0.39, 0.29) is 5.69 Å². The Hall–Kier alpha value is -2.69. The average molecular weight is 267 g/mol. The van der Waals surface area contributed by atoms with Crippen molar-refractivity contribution in [3.8, 4) is 11.3 Å². The van der Waals surface area contributed by atoms with Crippen LogP contribution in [0.5, 0.6) is 0 Å². The number of nitrogens with zero attached hydrogens (tertiary/aromatic N) is 3. The van der Waals surface area contributed by atoms with E-state index in [2.05, 4.69) is 10.1 Å². The third kappa shape index (κ3) is 1.93. The Balaban J connectivity index is 2.17. The van der Waals surface area contributed by atoms with Crippen LogP contribution in [-0.4, -0.2) is 25.8 Å². The molecule has 5 nitrogen and oxygen atoms in total. The topological polar surface area (TPSA) is 68.0 Å². The highest BCUT2D eigenvalue weighted by molar-refractivity contribution is 5.90. The van der Waals surface area contributed by atoms with Crippen LogP contribution in [0.25, 0.3) is 22.0 Å². The molecule has 2 heterocycles. The number of hydrogen-bond donors (Lipinski definition) is 1. The van der Waals surface area contributed by atoms with Gasteiger partial charge < -0.3 is 5.11 Å². The Morgan fingerprint density at radius 1 is 1.25 bits per heavy atom. The smallest absolute Gasteiger partial charge is 0.356 e. The molecule has 0 aliphatic heterocycles. The predicted octanol–water partition coefficient (Wildman–Crippen LogP) is 2.64. The third-order valence-electron chi connectivity index (χ3n) is 3.36. The van der Waals surface area contributed by atoms with Gasteiger partial charge in [-0.25, -0.2) is 4.79 Å².